The lowest BCUT2D eigenvalue weighted by atomic mass is 10.1. The molecule has 4 heteroatoms. The molecular weight excluding hydrogens is 240 g/mol. The highest BCUT2D eigenvalue weighted by Gasteiger charge is 2.29. The molecule has 4 nitrogen and oxygen atoms in total. The largest absolute Gasteiger partial charge is 0.508 e. The number of nitrogens with zero attached hydrogens (tertiary/aromatic N) is 1. The Morgan fingerprint density at radius 2 is 2.21 bits per heavy atom. The van der Waals surface area contributed by atoms with Crippen LogP contribution in [-0.2, 0) is 0 Å². The van der Waals surface area contributed by atoms with Crippen molar-refractivity contribution >= 4 is 5.91 Å². The van der Waals surface area contributed by atoms with Gasteiger partial charge < -0.3 is 10.4 Å². The minimum atomic E-state index is -0.121. The molecule has 2 N–H and O–H groups in total. The summed E-state index contributed by atoms with van der Waals surface area (Å²) in [6.45, 7) is 4.50. The first-order chi connectivity index (χ1) is 9.00. The van der Waals surface area contributed by atoms with E-state index in [1.165, 1.54) is 12.8 Å². The van der Waals surface area contributed by atoms with Gasteiger partial charge in [0.05, 0.1) is 0 Å². The van der Waals surface area contributed by atoms with E-state index in [9.17, 15) is 9.90 Å². The van der Waals surface area contributed by atoms with E-state index in [0.29, 0.717) is 29.8 Å². The molecule has 0 spiro atoms. The fourth-order valence-corrected chi connectivity index (χ4v) is 2.19. The number of aromatic hydroxyl groups is 1. The van der Waals surface area contributed by atoms with Gasteiger partial charge in [0.1, 0.15) is 5.75 Å². The molecule has 1 fully saturated rings. The lowest BCUT2D eigenvalue weighted by Crippen LogP contribution is -2.41. The molecule has 19 heavy (non-hydrogen) atoms. The molecule has 104 valence electrons. The molecule has 1 aliphatic carbocycles. The summed E-state index contributed by atoms with van der Waals surface area (Å²) in [4.78, 5) is 14.4. The van der Waals surface area contributed by atoms with Crippen LogP contribution in [0.1, 0.15) is 35.7 Å². The zero-order valence-corrected chi connectivity index (χ0v) is 11.8. The molecule has 1 atom stereocenters. The van der Waals surface area contributed by atoms with Crippen molar-refractivity contribution < 1.29 is 9.90 Å². The fraction of sp³-hybridized carbons (Fsp3) is 0.533. The van der Waals surface area contributed by atoms with Crippen molar-refractivity contribution in [2.24, 2.45) is 0 Å². The van der Waals surface area contributed by atoms with E-state index < -0.39 is 0 Å². The third-order valence-electron chi connectivity index (χ3n) is 3.93. The van der Waals surface area contributed by atoms with Crippen molar-refractivity contribution in [3.8, 4) is 5.75 Å². The lowest BCUT2D eigenvalue weighted by Gasteiger charge is -2.24. The van der Waals surface area contributed by atoms with Gasteiger partial charge in [-0.15, -0.1) is 0 Å². The summed E-state index contributed by atoms with van der Waals surface area (Å²) < 4.78 is 0. The van der Waals surface area contributed by atoms with Crippen molar-refractivity contribution in [3.05, 3.63) is 29.3 Å². The number of carbonyl (C=O) groups is 1. The van der Waals surface area contributed by atoms with Gasteiger partial charge in [0.15, 0.2) is 0 Å². The molecule has 0 radical (unpaired) electrons. The molecule has 0 saturated heterocycles. The smallest absolute Gasteiger partial charge is 0.251 e. The van der Waals surface area contributed by atoms with Gasteiger partial charge in [0.25, 0.3) is 5.91 Å². The van der Waals surface area contributed by atoms with Crippen LogP contribution >= 0.6 is 0 Å². The molecule has 1 amide bonds. The minimum Gasteiger partial charge on any atom is -0.508 e. The standard InChI is InChI=1S/C15H22N2O2/c1-10(17(3)12-7-8-12)9-16-15(19)13-5-4-6-14(18)11(13)2/h4-6,10,12,18H,7-9H2,1-3H3,(H,16,19). The van der Waals surface area contributed by atoms with Gasteiger partial charge in [-0.25, -0.2) is 0 Å². The highest BCUT2D eigenvalue weighted by atomic mass is 16.3. The molecule has 1 saturated carbocycles. The van der Waals surface area contributed by atoms with E-state index in [-0.39, 0.29) is 11.7 Å². The number of amides is 1. The number of phenols is 1. The van der Waals surface area contributed by atoms with Gasteiger partial charge in [-0.3, -0.25) is 9.69 Å². The second kappa shape index (κ2) is 5.61. The summed E-state index contributed by atoms with van der Waals surface area (Å²) in [5, 5.41) is 12.5. The first-order valence-electron chi connectivity index (χ1n) is 6.79. The van der Waals surface area contributed by atoms with E-state index in [0.717, 1.165) is 0 Å². The summed E-state index contributed by atoms with van der Waals surface area (Å²) in [7, 11) is 2.11. The number of carbonyl (C=O) groups excluding carboxylic acids is 1. The van der Waals surface area contributed by atoms with E-state index in [2.05, 4.69) is 24.2 Å². The summed E-state index contributed by atoms with van der Waals surface area (Å²) >= 11 is 0. The van der Waals surface area contributed by atoms with E-state index in [1.54, 1.807) is 25.1 Å². The van der Waals surface area contributed by atoms with Crippen molar-refractivity contribution in [3.63, 3.8) is 0 Å². The van der Waals surface area contributed by atoms with Crippen LogP contribution in [0.2, 0.25) is 0 Å². The van der Waals surface area contributed by atoms with E-state index >= 15 is 0 Å². The maximum atomic E-state index is 12.1. The number of nitrogens with one attached hydrogen (secondary N) is 1. The normalized spacial score (nSPS) is 16.4. The Kier molecular flexibility index (Phi) is 4.10. The van der Waals surface area contributed by atoms with Crippen molar-refractivity contribution in [2.75, 3.05) is 13.6 Å². The van der Waals surface area contributed by atoms with Gasteiger partial charge in [0.2, 0.25) is 0 Å². The van der Waals surface area contributed by atoms with Crippen molar-refractivity contribution in [1.29, 1.82) is 0 Å². The minimum absolute atomic E-state index is 0.121. The van der Waals surface area contributed by atoms with Gasteiger partial charge in [0, 0.05) is 29.8 Å². The molecular formula is C15H22N2O2. The van der Waals surface area contributed by atoms with Gasteiger partial charge in [-0.1, -0.05) is 6.07 Å². The Morgan fingerprint density at radius 3 is 2.84 bits per heavy atom. The summed E-state index contributed by atoms with van der Waals surface area (Å²) in [6, 6.07) is 6.04. The number of likely N-dealkylation sites (N-methyl/N-ethyl adjacent to an activating group) is 1. The predicted molar refractivity (Wildman–Crippen MR) is 75.4 cm³/mol. The second-order valence-corrected chi connectivity index (χ2v) is 5.41. The van der Waals surface area contributed by atoms with Crippen LogP contribution in [0.4, 0.5) is 0 Å². The van der Waals surface area contributed by atoms with Crippen LogP contribution in [0, 0.1) is 6.92 Å². The summed E-state index contributed by atoms with van der Waals surface area (Å²) in [5.41, 5.74) is 1.17. The summed E-state index contributed by atoms with van der Waals surface area (Å²) in [6.07, 6.45) is 2.53. The van der Waals surface area contributed by atoms with Crippen LogP contribution in [0.15, 0.2) is 18.2 Å². The summed E-state index contributed by atoms with van der Waals surface area (Å²) in [5.74, 6) is 0.0419. The molecule has 1 aromatic rings. The number of benzene rings is 1. The highest BCUT2D eigenvalue weighted by molar-refractivity contribution is 5.96. The fourth-order valence-electron chi connectivity index (χ4n) is 2.19. The first kappa shape index (κ1) is 13.9. The topological polar surface area (TPSA) is 52.6 Å². The molecule has 2 rings (SSSR count). The lowest BCUT2D eigenvalue weighted by molar-refractivity contribution is 0.0938. The Labute approximate surface area is 114 Å². The van der Waals surface area contributed by atoms with Gasteiger partial charge in [-0.2, -0.15) is 0 Å². The van der Waals surface area contributed by atoms with Crippen LogP contribution < -0.4 is 5.32 Å². The average Bonchev–Trinajstić information content (AvgIpc) is 3.22. The number of hydrogen-bond acceptors (Lipinski definition) is 3. The molecule has 0 aliphatic heterocycles. The van der Waals surface area contributed by atoms with Crippen LogP contribution in [0.3, 0.4) is 0 Å². The molecule has 1 aliphatic rings. The van der Waals surface area contributed by atoms with Crippen molar-refractivity contribution in [1.82, 2.24) is 10.2 Å². The SMILES string of the molecule is Cc1c(O)cccc1C(=O)NCC(C)N(C)C1CC1. The second-order valence-electron chi connectivity index (χ2n) is 5.41. The Morgan fingerprint density at radius 1 is 1.53 bits per heavy atom. The molecule has 1 aromatic carbocycles. The molecule has 0 aromatic heterocycles. The first-order valence-corrected chi connectivity index (χ1v) is 6.79. The van der Waals surface area contributed by atoms with Crippen molar-refractivity contribution in [2.45, 2.75) is 38.8 Å². The number of phenolic OH excluding ortho intramolecular Hbond substituents is 1. The predicted octanol–water partition coefficient (Wildman–Crippen LogP) is 1.91. The monoisotopic (exact) mass is 262 g/mol. The van der Waals surface area contributed by atoms with Crippen LogP contribution in [-0.4, -0.2) is 41.6 Å². The third-order valence-corrected chi connectivity index (χ3v) is 3.93. The maximum absolute atomic E-state index is 12.1. The number of rotatable bonds is 5. The van der Waals surface area contributed by atoms with E-state index in [1.807, 2.05) is 0 Å². The zero-order valence-electron chi connectivity index (χ0n) is 11.8. The maximum Gasteiger partial charge on any atom is 0.251 e. The highest BCUT2D eigenvalue weighted by Crippen LogP contribution is 2.26. The third kappa shape index (κ3) is 3.26. The van der Waals surface area contributed by atoms with Gasteiger partial charge in [-0.05, 0) is 45.9 Å². The Balaban J connectivity index is 1.92. The number of hydrogen-bond donors (Lipinski definition) is 2. The Bertz CT molecular complexity index is 469. The molecule has 0 bridgehead atoms. The quantitative estimate of drug-likeness (QED) is 0.852. The van der Waals surface area contributed by atoms with Gasteiger partial charge >= 0.3 is 0 Å². The average molecular weight is 262 g/mol. The van der Waals surface area contributed by atoms with Crippen LogP contribution in [0.5, 0.6) is 5.75 Å². The molecule has 0 heterocycles. The Hall–Kier alpha value is -1.55. The zero-order chi connectivity index (χ0) is 14.0. The van der Waals surface area contributed by atoms with Crippen LogP contribution in [0.25, 0.3) is 0 Å². The molecule has 1 unspecified atom stereocenters. The van der Waals surface area contributed by atoms with E-state index in [4.69, 9.17) is 0 Å².